The minimum Gasteiger partial charge on any atom is -0.102 e. The maximum absolute atomic E-state index is 3.63. The molecule has 0 aromatic rings. The maximum atomic E-state index is 3.63. The minimum absolute atomic E-state index is 0.699. The van der Waals surface area contributed by atoms with Crippen molar-refractivity contribution in [3.05, 3.63) is 49.1 Å². The molecular weight excluding hydrogens is 144 g/mol. The van der Waals surface area contributed by atoms with Gasteiger partial charge in [0.15, 0.2) is 0 Å². The second-order valence-electron chi connectivity index (χ2n) is 3.09. The van der Waals surface area contributed by atoms with Gasteiger partial charge in [-0.15, -0.1) is 6.58 Å². The lowest BCUT2D eigenvalue weighted by Gasteiger charge is -2.09. The fraction of sp³-hybridized carbons (Fsp3) is 0.333. The molecule has 0 heterocycles. The Balaban J connectivity index is 0.000000120. The summed E-state index contributed by atoms with van der Waals surface area (Å²) in [7, 11) is 0. The van der Waals surface area contributed by atoms with Crippen molar-refractivity contribution in [1.29, 1.82) is 0 Å². The van der Waals surface area contributed by atoms with E-state index in [1.54, 1.807) is 0 Å². The average molecular weight is 160 g/mol. The Labute approximate surface area is 75.0 Å². The van der Waals surface area contributed by atoms with Crippen molar-refractivity contribution in [1.82, 2.24) is 0 Å². The lowest BCUT2D eigenvalue weighted by molar-refractivity contribution is 0.762. The number of hydrogen-bond acceptors (Lipinski definition) is 0. The zero-order valence-electron chi connectivity index (χ0n) is 7.50. The van der Waals surface area contributed by atoms with Gasteiger partial charge >= 0.3 is 0 Å². The van der Waals surface area contributed by atoms with Gasteiger partial charge < -0.3 is 0 Å². The van der Waals surface area contributed by atoms with Gasteiger partial charge in [0.2, 0.25) is 0 Å². The molecule has 12 heavy (non-hydrogen) atoms. The van der Waals surface area contributed by atoms with E-state index >= 15 is 0 Å². The second kappa shape index (κ2) is 4.76. The van der Waals surface area contributed by atoms with Crippen LogP contribution >= 0.6 is 0 Å². The molecule has 0 radical (unpaired) electrons. The lowest BCUT2D eigenvalue weighted by atomic mass is 9.96. The number of allylic oxidation sites excluding steroid dienone is 6. The normalized spacial score (nSPS) is 23.7. The first kappa shape index (κ1) is 9.05. The van der Waals surface area contributed by atoms with Crippen molar-refractivity contribution in [2.45, 2.75) is 19.3 Å². The van der Waals surface area contributed by atoms with Gasteiger partial charge in [0.05, 0.1) is 0 Å². The van der Waals surface area contributed by atoms with Gasteiger partial charge in [-0.2, -0.15) is 0 Å². The topological polar surface area (TPSA) is 0 Å². The van der Waals surface area contributed by atoms with E-state index in [1.807, 2.05) is 12.2 Å². The summed E-state index contributed by atoms with van der Waals surface area (Å²) in [6.07, 6.45) is 14.1. The van der Waals surface area contributed by atoms with Crippen LogP contribution in [0, 0.1) is 5.92 Å². The first-order chi connectivity index (χ1) is 5.86. The zero-order valence-corrected chi connectivity index (χ0v) is 7.50. The SMILES string of the molecule is C=CC1=CCC1.C=CC1C=CC1. The molecule has 64 valence electrons. The van der Waals surface area contributed by atoms with Crippen LogP contribution in [0.3, 0.4) is 0 Å². The summed E-state index contributed by atoms with van der Waals surface area (Å²) in [6, 6.07) is 0. The van der Waals surface area contributed by atoms with Gasteiger partial charge in [-0.1, -0.05) is 42.5 Å². The monoisotopic (exact) mass is 160 g/mol. The van der Waals surface area contributed by atoms with E-state index in [0.29, 0.717) is 5.92 Å². The Kier molecular flexibility index (Phi) is 3.59. The van der Waals surface area contributed by atoms with E-state index in [-0.39, 0.29) is 0 Å². The quantitative estimate of drug-likeness (QED) is 0.541. The summed E-state index contributed by atoms with van der Waals surface area (Å²) in [5, 5.41) is 0. The predicted octanol–water partition coefficient (Wildman–Crippen LogP) is 3.64. The van der Waals surface area contributed by atoms with Crippen LogP contribution in [0.1, 0.15) is 19.3 Å². The summed E-state index contributed by atoms with van der Waals surface area (Å²) in [5.41, 5.74) is 1.41. The minimum atomic E-state index is 0.699. The van der Waals surface area contributed by atoms with Gasteiger partial charge in [-0.3, -0.25) is 0 Å². The van der Waals surface area contributed by atoms with Crippen LogP contribution in [0.2, 0.25) is 0 Å². The molecule has 1 unspecified atom stereocenters. The fourth-order valence-corrected chi connectivity index (χ4v) is 0.964. The van der Waals surface area contributed by atoms with Crippen LogP contribution in [0.4, 0.5) is 0 Å². The first-order valence-electron chi connectivity index (χ1n) is 4.47. The molecule has 0 aliphatic heterocycles. The summed E-state index contributed by atoms with van der Waals surface area (Å²) in [5.74, 6) is 0.699. The molecule has 0 spiro atoms. The predicted molar refractivity (Wildman–Crippen MR) is 55.0 cm³/mol. The number of rotatable bonds is 2. The largest absolute Gasteiger partial charge is 0.102 e. The van der Waals surface area contributed by atoms with Gasteiger partial charge in [-0.05, 0) is 25.2 Å². The van der Waals surface area contributed by atoms with Gasteiger partial charge in [0.1, 0.15) is 0 Å². The summed E-state index contributed by atoms with van der Waals surface area (Å²) >= 11 is 0. The molecule has 2 aliphatic carbocycles. The Morgan fingerprint density at radius 1 is 1.42 bits per heavy atom. The Hall–Kier alpha value is -1.04. The van der Waals surface area contributed by atoms with Crippen molar-refractivity contribution >= 4 is 0 Å². The Morgan fingerprint density at radius 2 is 2.08 bits per heavy atom. The first-order valence-corrected chi connectivity index (χ1v) is 4.47. The highest BCUT2D eigenvalue weighted by atomic mass is 14.1. The van der Waals surface area contributed by atoms with Crippen molar-refractivity contribution in [3.8, 4) is 0 Å². The molecule has 0 saturated heterocycles. The Bertz CT molecular complexity index is 218. The average Bonchev–Trinajstić information content (AvgIpc) is 1.83. The molecule has 0 amide bonds. The van der Waals surface area contributed by atoms with Crippen molar-refractivity contribution in [2.24, 2.45) is 5.92 Å². The van der Waals surface area contributed by atoms with Gasteiger partial charge in [0, 0.05) is 0 Å². The molecule has 0 bridgehead atoms. The molecule has 0 nitrogen and oxygen atoms in total. The van der Waals surface area contributed by atoms with Crippen LogP contribution in [0.15, 0.2) is 49.1 Å². The van der Waals surface area contributed by atoms with Crippen LogP contribution in [0.5, 0.6) is 0 Å². The van der Waals surface area contributed by atoms with Gasteiger partial charge in [-0.25, -0.2) is 0 Å². The second-order valence-corrected chi connectivity index (χ2v) is 3.09. The van der Waals surface area contributed by atoms with Crippen molar-refractivity contribution in [2.75, 3.05) is 0 Å². The van der Waals surface area contributed by atoms with Crippen LogP contribution in [-0.2, 0) is 0 Å². The third kappa shape index (κ3) is 2.54. The van der Waals surface area contributed by atoms with E-state index in [0.717, 1.165) is 0 Å². The molecule has 0 fully saturated rings. The molecule has 0 saturated carbocycles. The standard InChI is InChI=1S/2C6H8/c2*1-2-6-4-3-5-6/h2,4H,1,3,5H2;2-4,6H,1,5H2. The summed E-state index contributed by atoms with van der Waals surface area (Å²) in [4.78, 5) is 0. The van der Waals surface area contributed by atoms with Gasteiger partial charge in [0.25, 0.3) is 0 Å². The highest BCUT2D eigenvalue weighted by molar-refractivity contribution is 5.23. The molecule has 1 atom stereocenters. The third-order valence-corrected chi connectivity index (χ3v) is 2.20. The molecule has 0 N–H and O–H groups in total. The van der Waals surface area contributed by atoms with E-state index < -0.39 is 0 Å². The Morgan fingerprint density at radius 3 is 2.08 bits per heavy atom. The molecule has 0 aromatic heterocycles. The summed E-state index contributed by atoms with van der Waals surface area (Å²) < 4.78 is 0. The van der Waals surface area contributed by atoms with E-state index in [2.05, 4.69) is 31.4 Å². The molecular formula is C12H16. The third-order valence-electron chi connectivity index (χ3n) is 2.20. The van der Waals surface area contributed by atoms with Crippen molar-refractivity contribution in [3.63, 3.8) is 0 Å². The zero-order chi connectivity index (χ0) is 8.81. The van der Waals surface area contributed by atoms with Crippen molar-refractivity contribution < 1.29 is 0 Å². The highest BCUT2D eigenvalue weighted by Gasteiger charge is 2.01. The van der Waals surface area contributed by atoms with Crippen LogP contribution in [0.25, 0.3) is 0 Å². The molecule has 0 heteroatoms. The molecule has 0 aromatic carbocycles. The fourth-order valence-electron chi connectivity index (χ4n) is 0.964. The van der Waals surface area contributed by atoms with Crippen LogP contribution < -0.4 is 0 Å². The number of hydrogen-bond donors (Lipinski definition) is 0. The molecule has 2 aliphatic rings. The smallest absolute Gasteiger partial charge is 0.00216 e. The van der Waals surface area contributed by atoms with Crippen LogP contribution in [-0.4, -0.2) is 0 Å². The van der Waals surface area contributed by atoms with E-state index in [9.17, 15) is 0 Å². The van der Waals surface area contributed by atoms with E-state index in [4.69, 9.17) is 0 Å². The highest BCUT2D eigenvalue weighted by Crippen LogP contribution is 2.17. The lowest BCUT2D eigenvalue weighted by Crippen LogP contribution is -1.95. The summed E-state index contributed by atoms with van der Waals surface area (Å²) in [6.45, 7) is 7.25. The van der Waals surface area contributed by atoms with E-state index in [1.165, 1.54) is 24.8 Å². The maximum Gasteiger partial charge on any atom is -0.00216 e. The molecule has 2 rings (SSSR count).